The minimum Gasteiger partial charge on any atom is -0.361 e. The lowest BCUT2D eigenvalue weighted by atomic mass is 9.86. The maximum absolute atomic E-state index is 6.63. The fraction of sp³-hybridized carbons (Fsp3) is 0.0233. The van der Waals surface area contributed by atoms with Crippen LogP contribution in [0.1, 0.15) is 5.56 Å². The lowest BCUT2D eigenvalue weighted by Gasteiger charge is -2.18. The number of aromatic nitrogens is 2. The minimum absolute atomic E-state index is 0.222. The Kier molecular flexibility index (Phi) is 7.46. The quantitative estimate of drug-likeness (QED) is 0.185. The van der Waals surface area contributed by atoms with Gasteiger partial charge in [-0.3, -0.25) is 9.97 Å². The zero-order valence-electron chi connectivity index (χ0n) is 25.7. The summed E-state index contributed by atoms with van der Waals surface area (Å²) >= 11 is 0. The van der Waals surface area contributed by atoms with Crippen molar-refractivity contribution in [3.63, 3.8) is 0 Å². The molecule has 0 aliphatic heterocycles. The molecule has 8 rings (SSSR count). The van der Waals surface area contributed by atoms with Gasteiger partial charge in [-0.25, -0.2) is 0 Å². The van der Waals surface area contributed by atoms with E-state index in [1.54, 1.807) is 6.20 Å². The number of rotatable bonds is 6. The first-order chi connectivity index (χ1) is 23.2. The Bertz CT molecular complexity index is 2260. The third kappa shape index (κ3) is 5.52. The van der Waals surface area contributed by atoms with Crippen molar-refractivity contribution in [2.24, 2.45) is 5.73 Å². The molecule has 4 nitrogen and oxygen atoms in total. The van der Waals surface area contributed by atoms with Gasteiger partial charge in [0.05, 0.1) is 6.04 Å². The van der Waals surface area contributed by atoms with Crippen LogP contribution in [-0.4, -0.2) is 16.0 Å². The number of nitrogens with zero attached hydrogens (tertiary/aromatic N) is 2. The zero-order chi connectivity index (χ0) is 31.6. The first-order valence-corrected chi connectivity index (χ1v) is 15.8. The van der Waals surface area contributed by atoms with E-state index in [1.165, 1.54) is 38.2 Å². The first-order valence-electron chi connectivity index (χ1n) is 15.8. The number of benzene rings is 5. The maximum Gasteiger partial charge on any atom is 0.0504 e. The Hall–Kier alpha value is -6.10. The molecule has 47 heavy (non-hydrogen) atoms. The number of allylic oxidation sites excluding steroid dienone is 2. The van der Waals surface area contributed by atoms with Gasteiger partial charge in [-0.1, -0.05) is 109 Å². The zero-order valence-corrected chi connectivity index (χ0v) is 25.7. The molecule has 224 valence electrons. The number of anilines is 1. The van der Waals surface area contributed by atoms with E-state index in [0.717, 1.165) is 39.1 Å². The van der Waals surface area contributed by atoms with Crippen LogP contribution in [0.25, 0.3) is 60.5 Å². The van der Waals surface area contributed by atoms with Gasteiger partial charge in [-0.05, 0) is 90.8 Å². The van der Waals surface area contributed by atoms with Crippen LogP contribution < -0.4 is 11.1 Å². The molecular weight excluding hydrogens is 573 g/mol. The van der Waals surface area contributed by atoms with Gasteiger partial charge in [0, 0.05) is 47.8 Å². The van der Waals surface area contributed by atoms with E-state index in [-0.39, 0.29) is 6.04 Å². The predicted molar refractivity (Wildman–Crippen MR) is 197 cm³/mol. The van der Waals surface area contributed by atoms with E-state index in [9.17, 15) is 0 Å². The Morgan fingerprint density at radius 3 is 1.70 bits per heavy atom. The maximum atomic E-state index is 6.63. The summed E-state index contributed by atoms with van der Waals surface area (Å²) < 4.78 is 0. The van der Waals surface area contributed by atoms with Crippen molar-refractivity contribution in [3.05, 3.63) is 182 Å². The summed E-state index contributed by atoms with van der Waals surface area (Å²) in [6.07, 6.45) is 15.8. The third-order valence-electron chi connectivity index (χ3n) is 8.85. The number of hydrogen-bond acceptors (Lipinski definition) is 4. The summed E-state index contributed by atoms with van der Waals surface area (Å²) in [5, 5.41) is 8.36. The van der Waals surface area contributed by atoms with Crippen LogP contribution in [0.4, 0.5) is 5.69 Å². The summed E-state index contributed by atoms with van der Waals surface area (Å²) in [4.78, 5) is 8.69. The molecule has 0 fully saturated rings. The summed E-state index contributed by atoms with van der Waals surface area (Å²) in [6.45, 7) is 0. The van der Waals surface area contributed by atoms with Crippen LogP contribution in [0.2, 0.25) is 0 Å². The monoisotopic (exact) mass is 604 g/mol. The molecule has 0 bridgehead atoms. The second kappa shape index (κ2) is 12.4. The molecule has 0 radical (unpaired) electrons. The Labute approximate surface area is 274 Å². The molecule has 1 atom stereocenters. The molecule has 0 spiro atoms. The topological polar surface area (TPSA) is 63.8 Å². The van der Waals surface area contributed by atoms with Crippen LogP contribution >= 0.6 is 0 Å². The van der Waals surface area contributed by atoms with Gasteiger partial charge >= 0.3 is 0 Å². The molecule has 7 aromatic rings. The second-order valence-corrected chi connectivity index (χ2v) is 11.8. The van der Waals surface area contributed by atoms with Crippen LogP contribution in [0.15, 0.2) is 176 Å². The van der Waals surface area contributed by atoms with E-state index in [1.807, 2.05) is 36.9 Å². The molecule has 2 aromatic heterocycles. The number of nitrogens with one attached hydrogen (secondary N) is 1. The Morgan fingerprint density at radius 2 is 1.11 bits per heavy atom. The minimum atomic E-state index is -0.222. The van der Waals surface area contributed by atoms with Gasteiger partial charge in [0.2, 0.25) is 0 Å². The molecule has 0 saturated carbocycles. The summed E-state index contributed by atoms with van der Waals surface area (Å²) in [6, 6.07) is 42.5. The molecule has 4 heteroatoms. The highest BCUT2D eigenvalue weighted by Gasteiger charge is 2.17. The van der Waals surface area contributed by atoms with Gasteiger partial charge in [-0.2, -0.15) is 0 Å². The first kappa shape index (κ1) is 28.4. The molecule has 1 unspecified atom stereocenters. The fourth-order valence-corrected chi connectivity index (χ4v) is 6.55. The molecule has 1 aliphatic carbocycles. The highest BCUT2D eigenvalue weighted by Crippen LogP contribution is 2.43. The lowest BCUT2D eigenvalue weighted by Crippen LogP contribution is -2.22. The third-order valence-corrected chi connectivity index (χ3v) is 8.85. The van der Waals surface area contributed by atoms with Gasteiger partial charge in [0.1, 0.15) is 0 Å². The average molecular weight is 605 g/mol. The molecular formula is C43H32N4. The fourth-order valence-electron chi connectivity index (χ4n) is 6.55. The highest BCUT2D eigenvalue weighted by molar-refractivity contribution is 6.21. The second-order valence-electron chi connectivity index (χ2n) is 11.8. The molecule has 5 aromatic carbocycles. The van der Waals surface area contributed by atoms with E-state index in [4.69, 9.17) is 5.73 Å². The van der Waals surface area contributed by atoms with Crippen molar-refractivity contribution in [1.29, 1.82) is 0 Å². The number of pyridine rings is 2. The average Bonchev–Trinajstić information content (AvgIpc) is 3.14. The molecule has 1 aliphatic rings. The van der Waals surface area contributed by atoms with Crippen LogP contribution in [0.5, 0.6) is 0 Å². The van der Waals surface area contributed by atoms with Crippen molar-refractivity contribution >= 4 is 32.8 Å². The van der Waals surface area contributed by atoms with E-state index >= 15 is 0 Å². The van der Waals surface area contributed by atoms with Crippen molar-refractivity contribution in [1.82, 2.24) is 9.97 Å². The Morgan fingerprint density at radius 1 is 0.532 bits per heavy atom. The van der Waals surface area contributed by atoms with E-state index in [2.05, 4.69) is 143 Å². The molecule has 0 amide bonds. The molecule has 2 heterocycles. The largest absolute Gasteiger partial charge is 0.361 e. The lowest BCUT2D eigenvalue weighted by molar-refractivity contribution is 0.972. The summed E-state index contributed by atoms with van der Waals surface area (Å²) in [7, 11) is 0. The Balaban J connectivity index is 1.07. The number of hydrogen-bond donors (Lipinski definition) is 2. The smallest absolute Gasteiger partial charge is 0.0504 e. The van der Waals surface area contributed by atoms with Crippen molar-refractivity contribution in [2.45, 2.75) is 6.04 Å². The predicted octanol–water partition coefficient (Wildman–Crippen LogP) is 10.1. The van der Waals surface area contributed by atoms with Crippen LogP contribution in [-0.2, 0) is 0 Å². The van der Waals surface area contributed by atoms with Gasteiger partial charge in [-0.15, -0.1) is 0 Å². The molecule has 0 saturated heterocycles. The summed E-state index contributed by atoms with van der Waals surface area (Å²) in [5.74, 6) is 0. The number of nitrogens with two attached hydrogens (primary N) is 1. The van der Waals surface area contributed by atoms with E-state index < -0.39 is 0 Å². The van der Waals surface area contributed by atoms with Crippen LogP contribution in [0, 0.1) is 0 Å². The highest BCUT2D eigenvalue weighted by atomic mass is 14.8. The summed E-state index contributed by atoms with van der Waals surface area (Å²) in [5.41, 5.74) is 17.9. The number of fused-ring (bicyclic) bond motifs is 2. The van der Waals surface area contributed by atoms with Crippen molar-refractivity contribution in [2.75, 3.05) is 5.32 Å². The standard InChI is InChI=1S/C43H32N4/c44-41-25-32(30-8-5-9-31(24-30)33-10-6-22-45-26-33)16-17-34(41)28-47-36-20-18-29(19-21-36)42-37-12-1-3-14-39(37)43(35-11-7-23-46-27-35)40-15-4-2-13-38(40)42/h1-28,41,47H,44H2. The van der Waals surface area contributed by atoms with Gasteiger partial charge in [0.25, 0.3) is 0 Å². The van der Waals surface area contributed by atoms with Crippen molar-refractivity contribution in [3.8, 4) is 33.4 Å². The van der Waals surface area contributed by atoms with Gasteiger partial charge < -0.3 is 11.1 Å². The normalized spacial score (nSPS) is 15.2. The SMILES string of the molecule is NC1C=C(c2cccc(-c3cccnc3)c2)C=CC1=CNc1ccc(-c2c3ccccc3c(-c3cccnc3)c3ccccc23)cc1. The molecule has 3 N–H and O–H groups in total. The van der Waals surface area contributed by atoms with E-state index in [0.29, 0.717) is 0 Å². The van der Waals surface area contributed by atoms with Crippen molar-refractivity contribution < 1.29 is 0 Å². The van der Waals surface area contributed by atoms with Crippen LogP contribution in [0.3, 0.4) is 0 Å². The van der Waals surface area contributed by atoms with Gasteiger partial charge in [0.15, 0.2) is 0 Å².